The molecule has 5 aromatic rings. The number of aryl methyl sites for hydroxylation is 2. The maximum absolute atomic E-state index is 2.48. The molecule has 0 aliphatic heterocycles. The summed E-state index contributed by atoms with van der Waals surface area (Å²) in [5.74, 6) is 0.653. The Kier molecular flexibility index (Phi) is 5.91. The van der Waals surface area contributed by atoms with E-state index in [1.54, 1.807) is 5.56 Å². The molecular weight excluding hydrogens is 458 g/mol. The van der Waals surface area contributed by atoms with E-state index in [9.17, 15) is 0 Å². The van der Waals surface area contributed by atoms with Crippen LogP contribution in [0.25, 0.3) is 43.6 Å². The maximum Gasteiger partial charge on any atom is 0.221 e. The van der Waals surface area contributed by atoms with Crippen LogP contribution in [0.1, 0.15) is 82.9 Å². The van der Waals surface area contributed by atoms with E-state index in [0.717, 1.165) is 0 Å². The minimum absolute atomic E-state index is 0.0508. The Hall–Kier alpha value is -3.19. The molecular formula is C37H42N+. The largest absolute Gasteiger partial charge is 0.221 e. The van der Waals surface area contributed by atoms with Crippen LogP contribution in [0.4, 0.5) is 0 Å². The van der Waals surface area contributed by atoms with Gasteiger partial charge in [0.1, 0.15) is 7.05 Å². The fourth-order valence-electron chi connectivity index (χ4n) is 7.02. The SMILES string of the molecule is Cc1c(-c2c3c(ccc4c(C5CCC(C)(C)CC5)cccc43)cc[n+]2C)cc(C(C)(C)C)c2ccccc12. The minimum atomic E-state index is 0.0508. The van der Waals surface area contributed by atoms with Crippen molar-refractivity contribution in [3.8, 4) is 11.3 Å². The molecule has 6 rings (SSSR count). The van der Waals surface area contributed by atoms with Gasteiger partial charge in [-0.1, -0.05) is 89.2 Å². The Morgan fingerprint density at radius 3 is 2.18 bits per heavy atom. The number of hydrogen-bond donors (Lipinski definition) is 0. The average molecular weight is 501 g/mol. The van der Waals surface area contributed by atoms with Crippen molar-refractivity contribution in [3.63, 3.8) is 0 Å². The van der Waals surface area contributed by atoms with Gasteiger partial charge in [0.2, 0.25) is 5.69 Å². The molecule has 0 radical (unpaired) electrons. The summed E-state index contributed by atoms with van der Waals surface area (Å²) in [5, 5.41) is 8.25. The Balaban J connectivity index is 1.66. The lowest BCUT2D eigenvalue weighted by atomic mass is 9.70. The van der Waals surface area contributed by atoms with Gasteiger partial charge < -0.3 is 0 Å². The molecule has 38 heavy (non-hydrogen) atoms. The summed E-state index contributed by atoms with van der Waals surface area (Å²) in [6.45, 7) is 14.2. The van der Waals surface area contributed by atoms with Gasteiger partial charge in [0.15, 0.2) is 6.20 Å². The number of benzene rings is 4. The molecule has 1 nitrogen and oxygen atoms in total. The molecule has 1 heteroatoms. The van der Waals surface area contributed by atoms with E-state index in [0.29, 0.717) is 11.3 Å². The van der Waals surface area contributed by atoms with E-state index in [-0.39, 0.29) is 5.41 Å². The lowest BCUT2D eigenvalue weighted by molar-refractivity contribution is -0.659. The molecule has 1 heterocycles. The number of nitrogens with zero attached hydrogens (tertiary/aromatic N) is 1. The molecule has 1 saturated carbocycles. The summed E-state index contributed by atoms with van der Waals surface area (Å²) in [5.41, 5.74) is 7.52. The molecule has 0 spiro atoms. The quantitative estimate of drug-likeness (QED) is 0.168. The summed E-state index contributed by atoms with van der Waals surface area (Å²) >= 11 is 0. The van der Waals surface area contributed by atoms with Gasteiger partial charge in [-0.05, 0) is 99.0 Å². The summed E-state index contributed by atoms with van der Waals surface area (Å²) < 4.78 is 2.35. The molecule has 0 N–H and O–H groups in total. The molecule has 1 aliphatic rings. The smallest absolute Gasteiger partial charge is 0.200 e. The number of aromatic nitrogens is 1. The fraction of sp³-hybridized carbons (Fsp3) is 0.378. The van der Waals surface area contributed by atoms with Crippen LogP contribution >= 0.6 is 0 Å². The summed E-state index contributed by atoms with van der Waals surface area (Å²) in [6.07, 6.45) is 7.44. The number of rotatable bonds is 2. The standard InChI is InChI=1S/C37H42N/c1-24-27-11-8-9-12-30(27)33(36(2,3)4)23-32(24)35-34-26(19-22-38(35)7)15-16-29-28(13-10-14-31(29)34)25-17-20-37(5,6)21-18-25/h8-16,19,22-23,25H,17-18,20-21H2,1-7H3/q+1. The van der Waals surface area contributed by atoms with Gasteiger partial charge in [0.05, 0.1) is 10.9 Å². The highest BCUT2D eigenvalue weighted by molar-refractivity contribution is 6.14. The normalized spacial score (nSPS) is 16.5. The van der Waals surface area contributed by atoms with E-state index in [2.05, 4.69) is 126 Å². The van der Waals surface area contributed by atoms with Crippen LogP contribution in [0.2, 0.25) is 0 Å². The first kappa shape index (κ1) is 25.1. The van der Waals surface area contributed by atoms with Crippen LogP contribution in [0, 0.1) is 12.3 Å². The first-order valence-corrected chi connectivity index (χ1v) is 14.4. The third-order valence-electron chi connectivity index (χ3n) is 9.35. The lowest BCUT2D eigenvalue weighted by Gasteiger charge is -2.35. The Labute approximate surface area is 228 Å². The van der Waals surface area contributed by atoms with E-state index >= 15 is 0 Å². The molecule has 0 unspecified atom stereocenters. The summed E-state index contributed by atoms with van der Waals surface area (Å²) in [4.78, 5) is 0. The van der Waals surface area contributed by atoms with Crippen molar-refractivity contribution in [2.45, 2.75) is 78.6 Å². The highest BCUT2D eigenvalue weighted by Gasteiger charge is 2.29. The lowest BCUT2D eigenvalue weighted by Crippen LogP contribution is -2.31. The zero-order valence-corrected chi connectivity index (χ0v) is 24.3. The van der Waals surface area contributed by atoms with Crippen LogP contribution in [-0.2, 0) is 12.5 Å². The third kappa shape index (κ3) is 4.12. The predicted octanol–water partition coefficient (Wildman–Crippen LogP) is 9.93. The second kappa shape index (κ2) is 8.94. The van der Waals surface area contributed by atoms with Crippen molar-refractivity contribution >= 4 is 32.3 Å². The minimum Gasteiger partial charge on any atom is -0.200 e. The maximum atomic E-state index is 2.48. The number of pyridine rings is 1. The summed E-state index contributed by atoms with van der Waals surface area (Å²) in [6, 6.07) is 25.5. The van der Waals surface area contributed by atoms with Gasteiger partial charge in [-0.25, -0.2) is 4.57 Å². The first-order chi connectivity index (χ1) is 18.0. The Bertz CT molecular complexity index is 1690. The zero-order valence-electron chi connectivity index (χ0n) is 24.3. The zero-order chi connectivity index (χ0) is 26.8. The van der Waals surface area contributed by atoms with E-state index < -0.39 is 0 Å². The highest BCUT2D eigenvalue weighted by atomic mass is 14.9. The average Bonchev–Trinajstić information content (AvgIpc) is 2.88. The van der Waals surface area contributed by atoms with E-state index in [1.807, 2.05) is 0 Å². The molecule has 0 atom stereocenters. The van der Waals surface area contributed by atoms with Gasteiger partial charge in [-0.15, -0.1) is 0 Å². The van der Waals surface area contributed by atoms with Gasteiger partial charge in [-0.2, -0.15) is 0 Å². The van der Waals surface area contributed by atoms with Crippen LogP contribution in [-0.4, -0.2) is 0 Å². The van der Waals surface area contributed by atoms with Crippen molar-refractivity contribution in [2.75, 3.05) is 0 Å². The van der Waals surface area contributed by atoms with Crippen molar-refractivity contribution in [3.05, 3.63) is 89.6 Å². The van der Waals surface area contributed by atoms with Crippen molar-refractivity contribution in [1.29, 1.82) is 0 Å². The molecule has 194 valence electrons. The summed E-state index contributed by atoms with van der Waals surface area (Å²) in [7, 11) is 2.21. The number of fused-ring (bicyclic) bond motifs is 4. The Morgan fingerprint density at radius 1 is 0.789 bits per heavy atom. The molecule has 0 bridgehead atoms. The molecule has 0 saturated heterocycles. The highest BCUT2D eigenvalue weighted by Crippen LogP contribution is 2.46. The predicted molar refractivity (Wildman–Crippen MR) is 164 cm³/mol. The van der Waals surface area contributed by atoms with Crippen LogP contribution in [0.5, 0.6) is 0 Å². The van der Waals surface area contributed by atoms with Gasteiger partial charge in [-0.3, -0.25) is 0 Å². The van der Waals surface area contributed by atoms with E-state index in [1.165, 1.54) is 80.4 Å². The van der Waals surface area contributed by atoms with Crippen molar-refractivity contribution in [1.82, 2.24) is 0 Å². The second-order valence-electron chi connectivity index (χ2n) is 13.6. The van der Waals surface area contributed by atoms with Crippen molar-refractivity contribution < 1.29 is 4.57 Å². The second-order valence-corrected chi connectivity index (χ2v) is 13.6. The van der Waals surface area contributed by atoms with Crippen LogP contribution in [0.15, 0.2) is 72.9 Å². The monoisotopic (exact) mass is 500 g/mol. The number of hydrogen-bond acceptors (Lipinski definition) is 0. The van der Waals surface area contributed by atoms with Gasteiger partial charge in [0.25, 0.3) is 0 Å². The third-order valence-corrected chi connectivity index (χ3v) is 9.35. The first-order valence-electron chi connectivity index (χ1n) is 14.4. The molecule has 4 aromatic carbocycles. The Morgan fingerprint density at radius 2 is 1.47 bits per heavy atom. The molecule has 0 amide bonds. The molecule has 1 aromatic heterocycles. The topological polar surface area (TPSA) is 3.88 Å². The van der Waals surface area contributed by atoms with Gasteiger partial charge in [0, 0.05) is 6.07 Å². The fourth-order valence-corrected chi connectivity index (χ4v) is 7.02. The van der Waals surface area contributed by atoms with Crippen LogP contribution in [0.3, 0.4) is 0 Å². The van der Waals surface area contributed by atoms with Crippen molar-refractivity contribution in [2.24, 2.45) is 12.5 Å². The molecule has 1 aliphatic carbocycles. The van der Waals surface area contributed by atoms with Crippen LogP contribution < -0.4 is 4.57 Å². The molecule has 1 fully saturated rings. The van der Waals surface area contributed by atoms with Gasteiger partial charge >= 0.3 is 0 Å². The van der Waals surface area contributed by atoms with E-state index in [4.69, 9.17) is 0 Å².